The Morgan fingerprint density at radius 2 is 1.86 bits per heavy atom. The van der Waals surface area contributed by atoms with Crippen molar-refractivity contribution in [3.8, 4) is 10.6 Å². The third-order valence-electron chi connectivity index (χ3n) is 3.70. The van der Waals surface area contributed by atoms with Gasteiger partial charge in [-0.2, -0.15) is 0 Å². The first-order chi connectivity index (χ1) is 10.1. The molecule has 1 aromatic heterocycles. The van der Waals surface area contributed by atoms with Crippen LogP contribution >= 0.6 is 11.3 Å². The van der Waals surface area contributed by atoms with E-state index >= 15 is 0 Å². The molecule has 0 atom stereocenters. The van der Waals surface area contributed by atoms with Crippen LogP contribution in [0.5, 0.6) is 0 Å². The van der Waals surface area contributed by atoms with Crippen LogP contribution in [0.4, 0.5) is 0 Å². The largest absolute Gasteiger partial charge is 0.343 e. The van der Waals surface area contributed by atoms with Crippen LogP contribution in [0.3, 0.4) is 0 Å². The number of likely N-dealkylation sites (N-methyl/N-ethyl adjacent to an activating group) is 1. The molecule has 0 spiro atoms. The molecule has 2 rings (SSSR count). The molecule has 3 nitrogen and oxygen atoms in total. The van der Waals surface area contributed by atoms with Crippen LogP contribution in [0.1, 0.15) is 30.0 Å². The first kappa shape index (κ1) is 15.7. The molecule has 21 heavy (non-hydrogen) atoms. The topological polar surface area (TPSA) is 33.2 Å². The molecule has 0 saturated carbocycles. The summed E-state index contributed by atoms with van der Waals surface area (Å²) in [7, 11) is 0. The normalized spacial score (nSPS) is 10.7. The number of rotatable bonds is 5. The standard InChI is InChI=1S/C17H22N2OS/c1-5-19(6-2)16(20)11-15-13(4)18-17(21-15)14-10-8-7-9-12(14)3/h7-10H,5-6,11H2,1-4H3. The Bertz CT molecular complexity index is 629. The number of carbonyl (C=O) groups is 1. The van der Waals surface area contributed by atoms with E-state index in [-0.39, 0.29) is 5.91 Å². The maximum atomic E-state index is 12.2. The third kappa shape index (κ3) is 3.50. The number of carbonyl (C=O) groups excluding carboxylic acids is 1. The second-order valence-corrected chi connectivity index (χ2v) is 6.17. The third-order valence-corrected chi connectivity index (χ3v) is 4.89. The summed E-state index contributed by atoms with van der Waals surface area (Å²) in [6.07, 6.45) is 0.455. The molecule has 0 aliphatic carbocycles. The summed E-state index contributed by atoms with van der Waals surface area (Å²) >= 11 is 1.63. The monoisotopic (exact) mass is 302 g/mol. The fraction of sp³-hybridized carbons (Fsp3) is 0.412. The SMILES string of the molecule is CCN(CC)C(=O)Cc1sc(-c2ccccc2C)nc1C. The lowest BCUT2D eigenvalue weighted by molar-refractivity contribution is -0.130. The van der Waals surface area contributed by atoms with Crippen molar-refractivity contribution >= 4 is 17.2 Å². The van der Waals surface area contributed by atoms with Crippen LogP contribution in [0.25, 0.3) is 10.6 Å². The first-order valence-corrected chi connectivity index (χ1v) is 8.18. The summed E-state index contributed by atoms with van der Waals surface area (Å²) in [6.45, 7) is 9.63. The average Bonchev–Trinajstić information content (AvgIpc) is 2.81. The second kappa shape index (κ2) is 6.85. The molecule has 1 aromatic carbocycles. The van der Waals surface area contributed by atoms with Gasteiger partial charge in [-0.15, -0.1) is 11.3 Å². The Hall–Kier alpha value is -1.68. The van der Waals surface area contributed by atoms with Crippen molar-refractivity contribution in [2.24, 2.45) is 0 Å². The number of amides is 1. The predicted molar refractivity (Wildman–Crippen MR) is 88.7 cm³/mol. The number of nitrogens with zero attached hydrogens (tertiary/aromatic N) is 2. The Labute approximate surface area is 130 Å². The van der Waals surface area contributed by atoms with E-state index < -0.39 is 0 Å². The molecule has 0 aliphatic heterocycles. The van der Waals surface area contributed by atoms with E-state index in [4.69, 9.17) is 0 Å². The van der Waals surface area contributed by atoms with E-state index in [1.165, 1.54) is 5.56 Å². The molecule has 0 bridgehead atoms. The molecule has 0 fully saturated rings. The van der Waals surface area contributed by atoms with Crippen LogP contribution in [-0.4, -0.2) is 28.9 Å². The number of hydrogen-bond acceptors (Lipinski definition) is 3. The molecule has 0 radical (unpaired) electrons. The van der Waals surface area contributed by atoms with Gasteiger partial charge in [-0.05, 0) is 33.3 Å². The molecule has 112 valence electrons. The van der Waals surface area contributed by atoms with Gasteiger partial charge in [0, 0.05) is 23.5 Å². The summed E-state index contributed by atoms with van der Waals surface area (Å²) in [6, 6.07) is 8.24. The van der Waals surface area contributed by atoms with Gasteiger partial charge in [-0.1, -0.05) is 24.3 Å². The van der Waals surface area contributed by atoms with E-state index in [2.05, 4.69) is 24.0 Å². The smallest absolute Gasteiger partial charge is 0.227 e. The number of hydrogen-bond donors (Lipinski definition) is 0. The quantitative estimate of drug-likeness (QED) is 0.841. The number of thiazole rings is 1. The van der Waals surface area contributed by atoms with Crippen molar-refractivity contribution in [2.75, 3.05) is 13.1 Å². The minimum Gasteiger partial charge on any atom is -0.343 e. The molecule has 1 heterocycles. The van der Waals surface area contributed by atoms with Crippen LogP contribution in [0.2, 0.25) is 0 Å². The van der Waals surface area contributed by atoms with Gasteiger partial charge < -0.3 is 4.90 Å². The molecule has 1 amide bonds. The zero-order valence-corrected chi connectivity index (χ0v) is 14.0. The second-order valence-electron chi connectivity index (χ2n) is 5.09. The van der Waals surface area contributed by atoms with Gasteiger partial charge >= 0.3 is 0 Å². The van der Waals surface area contributed by atoms with E-state index in [1.807, 2.05) is 37.8 Å². The Balaban J connectivity index is 2.24. The molecular formula is C17H22N2OS. The molecule has 0 aliphatic rings. The first-order valence-electron chi connectivity index (χ1n) is 7.36. The zero-order chi connectivity index (χ0) is 15.4. The number of aryl methyl sites for hydroxylation is 2. The summed E-state index contributed by atoms with van der Waals surface area (Å²) in [5.41, 5.74) is 3.35. The van der Waals surface area contributed by atoms with Gasteiger partial charge in [0.25, 0.3) is 0 Å². The highest BCUT2D eigenvalue weighted by molar-refractivity contribution is 7.15. The van der Waals surface area contributed by atoms with E-state index in [9.17, 15) is 4.79 Å². The lowest BCUT2D eigenvalue weighted by Gasteiger charge is -2.18. The van der Waals surface area contributed by atoms with Gasteiger partial charge in [0.1, 0.15) is 5.01 Å². The summed E-state index contributed by atoms with van der Waals surface area (Å²) in [5, 5.41) is 1.01. The predicted octanol–water partition coefficient (Wildman–Crippen LogP) is 3.84. The van der Waals surface area contributed by atoms with Crippen molar-refractivity contribution in [1.29, 1.82) is 0 Å². The minimum absolute atomic E-state index is 0.183. The van der Waals surface area contributed by atoms with Gasteiger partial charge in [-0.25, -0.2) is 4.98 Å². The van der Waals surface area contributed by atoms with Crippen LogP contribution in [0, 0.1) is 13.8 Å². The number of aromatic nitrogens is 1. The average molecular weight is 302 g/mol. The Morgan fingerprint density at radius 3 is 2.48 bits per heavy atom. The van der Waals surface area contributed by atoms with Gasteiger partial charge in [0.05, 0.1) is 12.1 Å². The minimum atomic E-state index is 0.183. The summed E-state index contributed by atoms with van der Waals surface area (Å²) in [5.74, 6) is 0.183. The highest BCUT2D eigenvalue weighted by Gasteiger charge is 2.16. The van der Waals surface area contributed by atoms with Crippen LogP contribution < -0.4 is 0 Å². The van der Waals surface area contributed by atoms with Crippen molar-refractivity contribution in [3.05, 3.63) is 40.4 Å². The Morgan fingerprint density at radius 1 is 1.19 bits per heavy atom. The van der Waals surface area contributed by atoms with Crippen molar-refractivity contribution < 1.29 is 4.79 Å². The van der Waals surface area contributed by atoms with Crippen molar-refractivity contribution in [1.82, 2.24) is 9.88 Å². The highest BCUT2D eigenvalue weighted by atomic mass is 32.1. The fourth-order valence-electron chi connectivity index (χ4n) is 2.35. The molecule has 0 unspecified atom stereocenters. The maximum absolute atomic E-state index is 12.2. The lowest BCUT2D eigenvalue weighted by Crippen LogP contribution is -2.31. The fourth-order valence-corrected chi connectivity index (χ4v) is 3.49. The van der Waals surface area contributed by atoms with Crippen molar-refractivity contribution in [2.45, 2.75) is 34.1 Å². The summed E-state index contributed by atoms with van der Waals surface area (Å²) in [4.78, 5) is 19.8. The number of benzene rings is 1. The van der Waals surface area contributed by atoms with E-state index in [1.54, 1.807) is 11.3 Å². The van der Waals surface area contributed by atoms with Crippen molar-refractivity contribution in [3.63, 3.8) is 0 Å². The van der Waals surface area contributed by atoms with E-state index in [0.29, 0.717) is 6.42 Å². The lowest BCUT2D eigenvalue weighted by atomic mass is 10.1. The van der Waals surface area contributed by atoms with Gasteiger partial charge in [-0.3, -0.25) is 4.79 Å². The molecule has 2 aromatic rings. The molecule has 4 heteroatoms. The highest BCUT2D eigenvalue weighted by Crippen LogP contribution is 2.30. The van der Waals surface area contributed by atoms with Gasteiger partial charge in [0.15, 0.2) is 0 Å². The molecule has 0 saturated heterocycles. The summed E-state index contributed by atoms with van der Waals surface area (Å²) < 4.78 is 0. The zero-order valence-electron chi connectivity index (χ0n) is 13.1. The maximum Gasteiger partial charge on any atom is 0.227 e. The molecular weight excluding hydrogens is 280 g/mol. The van der Waals surface area contributed by atoms with Crippen LogP contribution in [-0.2, 0) is 11.2 Å². The van der Waals surface area contributed by atoms with Crippen LogP contribution in [0.15, 0.2) is 24.3 Å². The van der Waals surface area contributed by atoms with Gasteiger partial charge in [0.2, 0.25) is 5.91 Å². The van der Waals surface area contributed by atoms with E-state index in [0.717, 1.165) is 34.2 Å². The molecule has 0 N–H and O–H groups in total. The Kier molecular flexibility index (Phi) is 5.12.